The molecule has 2 aromatic rings. The predicted octanol–water partition coefficient (Wildman–Crippen LogP) is 4.09. The Kier molecular flexibility index (Phi) is 4.34. The standard InChI is InChI=1S/C13H9Br2N3/c14-11-5-12(15)13(18-8-11)17-7-10-3-1-9(6-16)2-4-10/h1-5,8H,7H2,(H,17,18). The Morgan fingerprint density at radius 2 is 1.94 bits per heavy atom. The van der Waals surface area contributed by atoms with E-state index in [1.165, 1.54) is 0 Å². The summed E-state index contributed by atoms with van der Waals surface area (Å²) in [5, 5.41) is 11.9. The highest BCUT2D eigenvalue weighted by atomic mass is 79.9. The molecule has 3 nitrogen and oxygen atoms in total. The first-order valence-electron chi connectivity index (χ1n) is 5.23. The van der Waals surface area contributed by atoms with Crippen molar-refractivity contribution in [3.05, 3.63) is 56.6 Å². The fourth-order valence-electron chi connectivity index (χ4n) is 1.43. The fourth-order valence-corrected chi connectivity index (χ4v) is 2.56. The van der Waals surface area contributed by atoms with E-state index < -0.39 is 0 Å². The number of rotatable bonds is 3. The van der Waals surface area contributed by atoms with Gasteiger partial charge in [0.25, 0.3) is 0 Å². The summed E-state index contributed by atoms with van der Waals surface area (Å²) in [6, 6.07) is 11.5. The van der Waals surface area contributed by atoms with Crippen molar-refractivity contribution < 1.29 is 0 Å². The lowest BCUT2D eigenvalue weighted by atomic mass is 10.1. The van der Waals surface area contributed by atoms with E-state index in [0.717, 1.165) is 20.3 Å². The summed E-state index contributed by atoms with van der Waals surface area (Å²) < 4.78 is 1.84. The number of halogens is 2. The summed E-state index contributed by atoms with van der Waals surface area (Å²) >= 11 is 6.80. The average molecular weight is 367 g/mol. The molecule has 1 aromatic heterocycles. The van der Waals surface area contributed by atoms with Crippen LogP contribution in [0.2, 0.25) is 0 Å². The third-order valence-electron chi connectivity index (χ3n) is 2.35. The highest BCUT2D eigenvalue weighted by Crippen LogP contribution is 2.23. The van der Waals surface area contributed by atoms with Crippen molar-refractivity contribution in [1.82, 2.24) is 4.98 Å². The van der Waals surface area contributed by atoms with Crippen LogP contribution in [0.3, 0.4) is 0 Å². The Morgan fingerprint density at radius 1 is 1.22 bits per heavy atom. The number of nitriles is 1. The molecule has 0 amide bonds. The molecule has 0 aliphatic heterocycles. The maximum absolute atomic E-state index is 8.71. The molecule has 0 saturated carbocycles. The van der Waals surface area contributed by atoms with Crippen molar-refractivity contribution in [3.63, 3.8) is 0 Å². The molecule has 0 aliphatic rings. The van der Waals surface area contributed by atoms with Crippen molar-refractivity contribution in [2.45, 2.75) is 6.54 Å². The lowest BCUT2D eigenvalue weighted by Crippen LogP contribution is -2.01. The van der Waals surface area contributed by atoms with Gasteiger partial charge >= 0.3 is 0 Å². The van der Waals surface area contributed by atoms with Gasteiger partial charge in [0.05, 0.1) is 16.1 Å². The molecule has 0 unspecified atom stereocenters. The Morgan fingerprint density at radius 3 is 2.56 bits per heavy atom. The summed E-state index contributed by atoms with van der Waals surface area (Å²) in [5.74, 6) is 0.794. The van der Waals surface area contributed by atoms with Gasteiger partial charge in [-0.3, -0.25) is 0 Å². The third kappa shape index (κ3) is 3.31. The van der Waals surface area contributed by atoms with Crippen LogP contribution in [-0.4, -0.2) is 4.98 Å². The zero-order valence-electron chi connectivity index (χ0n) is 9.32. The quantitative estimate of drug-likeness (QED) is 0.889. The van der Waals surface area contributed by atoms with Gasteiger partial charge in [0.15, 0.2) is 0 Å². The van der Waals surface area contributed by atoms with Crippen LogP contribution in [-0.2, 0) is 6.54 Å². The van der Waals surface area contributed by atoms with E-state index in [1.54, 1.807) is 18.3 Å². The molecule has 0 fully saturated rings. The molecule has 1 N–H and O–H groups in total. The second-order valence-corrected chi connectivity index (χ2v) is 5.42. The van der Waals surface area contributed by atoms with Crippen molar-refractivity contribution in [1.29, 1.82) is 5.26 Å². The van der Waals surface area contributed by atoms with Crippen LogP contribution in [0.5, 0.6) is 0 Å². The van der Waals surface area contributed by atoms with Crippen LogP contribution in [0.25, 0.3) is 0 Å². The largest absolute Gasteiger partial charge is 0.365 e. The molecule has 0 aliphatic carbocycles. The van der Waals surface area contributed by atoms with E-state index in [2.05, 4.69) is 48.2 Å². The Hall–Kier alpha value is -1.38. The Balaban J connectivity index is 2.04. The summed E-state index contributed by atoms with van der Waals surface area (Å²) in [6.45, 7) is 0.666. The number of hydrogen-bond acceptors (Lipinski definition) is 3. The van der Waals surface area contributed by atoms with Crippen LogP contribution < -0.4 is 5.32 Å². The van der Waals surface area contributed by atoms with Crippen molar-refractivity contribution >= 4 is 37.7 Å². The zero-order chi connectivity index (χ0) is 13.0. The molecule has 90 valence electrons. The summed E-state index contributed by atoms with van der Waals surface area (Å²) in [7, 11) is 0. The molecule has 0 spiro atoms. The smallest absolute Gasteiger partial charge is 0.140 e. The van der Waals surface area contributed by atoms with Gasteiger partial charge in [-0.15, -0.1) is 0 Å². The monoisotopic (exact) mass is 365 g/mol. The van der Waals surface area contributed by atoms with Gasteiger partial charge < -0.3 is 5.32 Å². The third-order valence-corrected chi connectivity index (χ3v) is 3.39. The summed E-state index contributed by atoms with van der Waals surface area (Å²) in [5.41, 5.74) is 1.77. The SMILES string of the molecule is N#Cc1ccc(CNc2ncc(Br)cc2Br)cc1. The van der Waals surface area contributed by atoms with Crippen molar-refractivity contribution in [3.8, 4) is 6.07 Å². The van der Waals surface area contributed by atoms with Crippen LogP contribution in [0.1, 0.15) is 11.1 Å². The van der Waals surface area contributed by atoms with Crippen molar-refractivity contribution in [2.75, 3.05) is 5.32 Å². The molecular weight excluding hydrogens is 358 g/mol. The second-order valence-electron chi connectivity index (χ2n) is 3.65. The second kappa shape index (κ2) is 5.98. The average Bonchev–Trinajstić information content (AvgIpc) is 2.38. The van der Waals surface area contributed by atoms with Crippen molar-refractivity contribution in [2.24, 2.45) is 0 Å². The van der Waals surface area contributed by atoms with Crippen LogP contribution in [0, 0.1) is 11.3 Å². The fraction of sp³-hybridized carbons (Fsp3) is 0.0769. The van der Waals surface area contributed by atoms with E-state index in [4.69, 9.17) is 5.26 Å². The van der Waals surface area contributed by atoms with Gasteiger partial charge in [0.1, 0.15) is 5.82 Å². The number of nitrogens with zero attached hydrogens (tertiary/aromatic N) is 2. The van der Waals surface area contributed by atoms with Gasteiger partial charge in [-0.1, -0.05) is 12.1 Å². The molecule has 0 atom stereocenters. The first-order chi connectivity index (χ1) is 8.69. The van der Waals surface area contributed by atoms with Crippen LogP contribution in [0.15, 0.2) is 45.5 Å². The van der Waals surface area contributed by atoms with Gasteiger partial charge in [-0.2, -0.15) is 5.26 Å². The normalized spacial score (nSPS) is 9.83. The molecule has 1 heterocycles. The first kappa shape index (κ1) is 13.1. The van der Waals surface area contributed by atoms with Gasteiger partial charge in [-0.25, -0.2) is 4.98 Å². The van der Waals surface area contributed by atoms with E-state index in [-0.39, 0.29) is 0 Å². The molecule has 1 aromatic carbocycles. The minimum atomic E-state index is 0.666. The predicted molar refractivity (Wildman–Crippen MR) is 78.1 cm³/mol. The molecule has 0 radical (unpaired) electrons. The van der Waals surface area contributed by atoms with Gasteiger partial charge in [-0.05, 0) is 55.6 Å². The Bertz CT molecular complexity index is 588. The zero-order valence-corrected chi connectivity index (χ0v) is 12.5. The highest BCUT2D eigenvalue weighted by molar-refractivity contribution is 9.11. The van der Waals surface area contributed by atoms with E-state index in [9.17, 15) is 0 Å². The topological polar surface area (TPSA) is 48.7 Å². The first-order valence-corrected chi connectivity index (χ1v) is 6.81. The van der Waals surface area contributed by atoms with Crippen LogP contribution >= 0.6 is 31.9 Å². The minimum absolute atomic E-state index is 0.666. The lowest BCUT2D eigenvalue weighted by Gasteiger charge is -2.07. The minimum Gasteiger partial charge on any atom is -0.365 e. The van der Waals surface area contributed by atoms with Gasteiger partial charge in [0, 0.05) is 17.2 Å². The van der Waals surface area contributed by atoms with Crippen LogP contribution in [0.4, 0.5) is 5.82 Å². The molecule has 5 heteroatoms. The molecule has 0 bridgehead atoms. The molecular formula is C13H9Br2N3. The number of aromatic nitrogens is 1. The number of pyridine rings is 1. The number of hydrogen-bond donors (Lipinski definition) is 1. The maximum atomic E-state index is 8.71. The van der Waals surface area contributed by atoms with E-state index in [0.29, 0.717) is 12.1 Å². The summed E-state index contributed by atoms with van der Waals surface area (Å²) in [6.07, 6.45) is 1.74. The Labute approximate surface area is 122 Å². The van der Waals surface area contributed by atoms with E-state index in [1.807, 2.05) is 18.2 Å². The molecule has 0 saturated heterocycles. The number of anilines is 1. The number of benzene rings is 1. The molecule has 18 heavy (non-hydrogen) atoms. The van der Waals surface area contributed by atoms with E-state index >= 15 is 0 Å². The molecule has 2 rings (SSSR count). The lowest BCUT2D eigenvalue weighted by molar-refractivity contribution is 1.10. The highest BCUT2D eigenvalue weighted by Gasteiger charge is 2.02. The number of nitrogens with one attached hydrogen (secondary N) is 1. The maximum Gasteiger partial charge on any atom is 0.140 e. The summed E-state index contributed by atoms with van der Waals surface area (Å²) in [4.78, 5) is 4.27. The van der Waals surface area contributed by atoms with Gasteiger partial charge in [0.2, 0.25) is 0 Å².